The number of hydrogen-bond donors (Lipinski definition) is 0. The number of halogens is 1. The Morgan fingerprint density at radius 2 is 1.95 bits per heavy atom. The minimum Gasteiger partial charge on any atom is -0.440 e. The summed E-state index contributed by atoms with van der Waals surface area (Å²) in [5, 5.41) is 3.52. The zero-order valence-electron chi connectivity index (χ0n) is 10.6. The highest BCUT2D eigenvalue weighted by Crippen LogP contribution is 2.33. The molecular formula is C12H13ClN2O4S. The highest BCUT2D eigenvalue weighted by atomic mass is 35.7. The first kappa shape index (κ1) is 13.6. The molecule has 0 unspecified atom stereocenters. The van der Waals surface area contributed by atoms with Gasteiger partial charge in [0.25, 0.3) is 9.05 Å². The molecule has 0 radical (unpaired) electrons. The molecule has 0 aromatic carbocycles. The number of rotatable bonds is 3. The molecule has 0 N–H and O–H groups in total. The third-order valence-corrected chi connectivity index (χ3v) is 4.59. The van der Waals surface area contributed by atoms with Gasteiger partial charge in [-0.1, -0.05) is 24.4 Å². The summed E-state index contributed by atoms with van der Waals surface area (Å²) in [6.45, 7) is 0. The van der Waals surface area contributed by atoms with Gasteiger partial charge in [0.2, 0.25) is 16.8 Å². The lowest BCUT2D eigenvalue weighted by Gasteiger charge is -2.17. The van der Waals surface area contributed by atoms with Crippen LogP contribution >= 0.6 is 10.7 Å². The predicted octanol–water partition coefficient (Wildman–Crippen LogP) is 3.30. The standard InChI is InChI=1S/C12H13ClN2O4S/c13-20(16,17)10-7-6-9(18-10)11-14-12(19-15-11)8-4-2-1-3-5-8/h6-8H,1-5H2. The van der Waals surface area contributed by atoms with Crippen molar-refractivity contribution in [3.8, 4) is 11.6 Å². The topological polar surface area (TPSA) is 86.2 Å². The average Bonchev–Trinajstić information content (AvgIpc) is 3.08. The van der Waals surface area contributed by atoms with Crippen molar-refractivity contribution in [1.82, 2.24) is 10.1 Å². The van der Waals surface area contributed by atoms with Crippen LogP contribution in [0.15, 0.2) is 26.2 Å². The Morgan fingerprint density at radius 1 is 1.20 bits per heavy atom. The molecule has 3 rings (SSSR count). The zero-order valence-corrected chi connectivity index (χ0v) is 12.2. The van der Waals surface area contributed by atoms with Crippen LogP contribution in [0.3, 0.4) is 0 Å². The van der Waals surface area contributed by atoms with E-state index in [1.54, 1.807) is 0 Å². The van der Waals surface area contributed by atoms with Crippen LogP contribution in [0.25, 0.3) is 11.6 Å². The maximum absolute atomic E-state index is 11.1. The van der Waals surface area contributed by atoms with Crippen LogP contribution in [0.5, 0.6) is 0 Å². The Morgan fingerprint density at radius 3 is 2.60 bits per heavy atom. The van der Waals surface area contributed by atoms with Crippen molar-refractivity contribution in [3.05, 3.63) is 18.0 Å². The van der Waals surface area contributed by atoms with E-state index in [2.05, 4.69) is 10.1 Å². The third-order valence-electron chi connectivity index (χ3n) is 3.44. The van der Waals surface area contributed by atoms with E-state index in [4.69, 9.17) is 19.6 Å². The summed E-state index contributed by atoms with van der Waals surface area (Å²) < 4.78 is 32.7. The van der Waals surface area contributed by atoms with Gasteiger partial charge in [0.05, 0.1) is 0 Å². The number of nitrogens with zero attached hydrogens (tertiary/aromatic N) is 2. The quantitative estimate of drug-likeness (QED) is 0.807. The zero-order chi connectivity index (χ0) is 14.2. The first-order valence-electron chi connectivity index (χ1n) is 6.42. The molecule has 1 aliphatic rings. The lowest BCUT2D eigenvalue weighted by Crippen LogP contribution is -2.04. The minimum atomic E-state index is -3.88. The second-order valence-electron chi connectivity index (χ2n) is 4.85. The van der Waals surface area contributed by atoms with Crippen LogP contribution in [0.1, 0.15) is 43.9 Å². The number of aromatic nitrogens is 2. The SMILES string of the molecule is O=S(=O)(Cl)c1ccc(-c2noc(C3CCCCC3)n2)o1. The molecule has 20 heavy (non-hydrogen) atoms. The van der Waals surface area contributed by atoms with E-state index in [0.717, 1.165) is 25.7 Å². The molecule has 1 saturated carbocycles. The summed E-state index contributed by atoms with van der Waals surface area (Å²) in [6.07, 6.45) is 5.66. The predicted molar refractivity (Wildman–Crippen MR) is 70.9 cm³/mol. The minimum absolute atomic E-state index is 0.232. The van der Waals surface area contributed by atoms with E-state index >= 15 is 0 Å². The smallest absolute Gasteiger partial charge is 0.294 e. The van der Waals surface area contributed by atoms with Gasteiger partial charge in [-0.05, 0) is 25.0 Å². The van der Waals surface area contributed by atoms with Crippen molar-refractivity contribution >= 4 is 19.7 Å². The van der Waals surface area contributed by atoms with Crippen LogP contribution in [-0.2, 0) is 9.05 Å². The molecule has 0 saturated heterocycles. The maximum atomic E-state index is 11.1. The molecule has 8 heteroatoms. The molecule has 0 amide bonds. The van der Waals surface area contributed by atoms with Crippen molar-refractivity contribution in [2.75, 3.05) is 0 Å². The summed E-state index contributed by atoms with van der Waals surface area (Å²) in [6, 6.07) is 2.74. The fourth-order valence-electron chi connectivity index (χ4n) is 2.42. The molecule has 108 valence electrons. The van der Waals surface area contributed by atoms with Gasteiger partial charge in [0, 0.05) is 16.6 Å². The Kier molecular flexibility index (Phi) is 3.55. The average molecular weight is 317 g/mol. The summed E-state index contributed by atoms with van der Waals surface area (Å²) in [5.74, 6) is 1.36. The van der Waals surface area contributed by atoms with E-state index < -0.39 is 9.05 Å². The summed E-state index contributed by atoms with van der Waals surface area (Å²) in [4.78, 5) is 4.29. The van der Waals surface area contributed by atoms with E-state index in [9.17, 15) is 8.42 Å². The van der Waals surface area contributed by atoms with E-state index in [1.807, 2.05) is 0 Å². The first-order valence-corrected chi connectivity index (χ1v) is 8.73. The largest absolute Gasteiger partial charge is 0.440 e. The van der Waals surface area contributed by atoms with Crippen LogP contribution in [0.2, 0.25) is 0 Å². The van der Waals surface area contributed by atoms with E-state index in [-0.39, 0.29) is 22.6 Å². The lowest BCUT2D eigenvalue weighted by molar-refractivity contribution is 0.313. The van der Waals surface area contributed by atoms with Gasteiger partial charge >= 0.3 is 0 Å². The van der Waals surface area contributed by atoms with Gasteiger partial charge < -0.3 is 8.94 Å². The van der Waals surface area contributed by atoms with Crippen LogP contribution in [0.4, 0.5) is 0 Å². The Bertz CT molecular complexity index is 701. The summed E-state index contributed by atoms with van der Waals surface area (Å²) in [7, 11) is 1.32. The fourth-order valence-corrected chi connectivity index (χ4v) is 3.09. The molecule has 0 spiro atoms. The van der Waals surface area contributed by atoms with Gasteiger partial charge in [-0.3, -0.25) is 0 Å². The summed E-state index contributed by atoms with van der Waals surface area (Å²) in [5.41, 5.74) is 0. The van der Waals surface area contributed by atoms with Crippen LogP contribution in [-0.4, -0.2) is 18.6 Å². The molecule has 1 aliphatic carbocycles. The van der Waals surface area contributed by atoms with Crippen molar-refractivity contribution in [3.63, 3.8) is 0 Å². The molecule has 6 nitrogen and oxygen atoms in total. The van der Waals surface area contributed by atoms with Gasteiger partial charge in [-0.15, -0.1) is 0 Å². The highest BCUT2D eigenvalue weighted by Gasteiger charge is 2.23. The lowest BCUT2D eigenvalue weighted by atomic mass is 9.89. The fraction of sp³-hybridized carbons (Fsp3) is 0.500. The normalized spacial score (nSPS) is 17.4. The van der Waals surface area contributed by atoms with Gasteiger partial charge in [0.15, 0.2) is 5.76 Å². The van der Waals surface area contributed by atoms with Crippen molar-refractivity contribution in [1.29, 1.82) is 0 Å². The van der Waals surface area contributed by atoms with Crippen molar-refractivity contribution in [2.45, 2.75) is 43.1 Å². The van der Waals surface area contributed by atoms with E-state index in [0.29, 0.717) is 5.89 Å². The molecule has 0 aliphatic heterocycles. The highest BCUT2D eigenvalue weighted by molar-refractivity contribution is 8.13. The summed E-state index contributed by atoms with van der Waals surface area (Å²) >= 11 is 0. The Balaban J connectivity index is 1.84. The number of hydrogen-bond acceptors (Lipinski definition) is 6. The second kappa shape index (κ2) is 5.21. The van der Waals surface area contributed by atoms with Crippen LogP contribution in [0, 0.1) is 0 Å². The monoisotopic (exact) mass is 316 g/mol. The van der Waals surface area contributed by atoms with Crippen LogP contribution < -0.4 is 0 Å². The molecular weight excluding hydrogens is 304 g/mol. The maximum Gasteiger partial charge on any atom is 0.294 e. The third kappa shape index (κ3) is 2.73. The van der Waals surface area contributed by atoms with Gasteiger partial charge in [-0.25, -0.2) is 8.42 Å². The van der Waals surface area contributed by atoms with E-state index in [1.165, 1.54) is 18.6 Å². The van der Waals surface area contributed by atoms with Crippen molar-refractivity contribution < 1.29 is 17.4 Å². The molecule has 1 fully saturated rings. The van der Waals surface area contributed by atoms with Crippen molar-refractivity contribution in [2.24, 2.45) is 0 Å². The first-order chi connectivity index (χ1) is 9.54. The molecule has 2 aromatic rings. The molecule has 2 heterocycles. The molecule has 0 bridgehead atoms. The molecule has 2 aromatic heterocycles. The Labute approximate surface area is 120 Å². The Hall–Kier alpha value is -1.34. The molecule has 0 atom stereocenters. The number of furan rings is 1. The second-order valence-corrected chi connectivity index (χ2v) is 7.34. The van der Waals surface area contributed by atoms with Gasteiger partial charge in [-0.2, -0.15) is 4.98 Å². The van der Waals surface area contributed by atoms with Gasteiger partial charge in [0.1, 0.15) is 0 Å².